The minimum atomic E-state index is -3.55. The number of hydrogen-bond donors (Lipinski definition) is 1. The minimum Gasteiger partial charge on any atom is -0.547 e. The molecule has 3 rings (SSSR count). The number of benzene rings is 2. The predicted octanol–water partition coefficient (Wildman–Crippen LogP) is 1.79. The van der Waals surface area contributed by atoms with E-state index in [1.54, 1.807) is 12.1 Å². The summed E-state index contributed by atoms with van der Waals surface area (Å²) in [5, 5.41) is 15.2. The van der Waals surface area contributed by atoms with Crippen molar-refractivity contribution in [2.24, 2.45) is 0 Å². The van der Waals surface area contributed by atoms with Crippen LogP contribution in [0.5, 0.6) is 5.75 Å². The van der Waals surface area contributed by atoms with E-state index in [9.17, 15) is 18.3 Å². The molecule has 166 valence electrons. The number of carboxylic acids is 1. The number of ether oxygens (including phenoxy) is 1. The zero-order valence-corrected chi connectivity index (χ0v) is 18.2. The molecular weight excluding hydrogens is 420 g/mol. The summed E-state index contributed by atoms with van der Waals surface area (Å²) in [6.45, 7) is 1.55. The van der Waals surface area contributed by atoms with Crippen molar-refractivity contribution >= 4 is 32.7 Å². The zero-order valence-electron chi connectivity index (χ0n) is 17.4. The molecule has 0 fully saturated rings. The van der Waals surface area contributed by atoms with Gasteiger partial charge in [0.1, 0.15) is 11.9 Å². The predicted molar refractivity (Wildman–Crippen MR) is 116 cm³/mol. The maximum Gasteiger partial charge on any atom is 0.306 e. The summed E-state index contributed by atoms with van der Waals surface area (Å²) in [5.41, 5.74) is 2.82. The van der Waals surface area contributed by atoms with Crippen LogP contribution in [0.15, 0.2) is 54.7 Å². The van der Waals surface area contributed by atoms with Gasteiger partial charge in [0, 0.05) is 49.4 Å². The van der Waals surface area contributed by atoms with E-state index < -0.39 is 22.2 Å². The number of carbonyl (C=O) groups is 1. The van der Waals surface area contributed by atoms with Gasteiger partial charge in [-0.15, -0.1) is 0 Å². The highest BCUT2D eigenvalue weighted by Gasteiger charge is 2.10. The van der Waals surface area contributed by atoms with Crippen LogP contribution in [0.2, 0.25) is 0 Å². The lowest BCUT2D eigenvalue weighted by Gasteiger charge is -2.16. The highest BCUT2D eigenvalue weighted by atomic mass is 32.2. The van der Waals surface area contributed by atoms with Crippen molar-refractivity contribution in [3.63, 3.8) is 0 Å². The molecule has 1 heterocycles. The molecule has 0 radical (unpaired) electrons. The second kappa shape index (κ2) is 9.84. The molecule has 3 aromatic rings. The lowest BCUT2D eigenvalue weighted by molar-refractivity contribution is -0.315. The second-order valence-electron chi connectivity index (χ2n) is 7.24. The first kappa shape index (κ1) is 22.6. The second-order valence-corrected chi connectivity index (χ2v) is 8.82. The van der Waals surface area contributed by atoms with E-state index >= 15 is 0 Å². The first-order chi connectivity index (χ1) is 14.7. The summed E-state index contributed by atoms with van der Waals surface area (Å²) < 4.78 is 34.5. The van der Waals surface area contributed by atoms with Gasteiger partial charge in [-0.05, 0) is 48.4 Å². The van der Waals surface area contributed by atoms with Gasteiger partial charge >= 0.3 is 10.1 Å². The van der Waals surface area contributed by atoms with Crippen molar-refractivity contribution in [3.8, 4) is 5.75 Å². The molecule has 0 unspecified atom stereocenters. The summed E-state index contributed by atoms with van der Waals surface area (Å²) in [6.07, 6.45) is 3.17. The first-order valence-corrected chi connectivity index (χ1v) is 11.6. The lowest BCUT2D eigenvalue weighted by Crippen LogP contribution is -2.38. The summed E-state index contributed by atoms with van der Waals surface area (Å²) in [5.74, 6) is -0.921. The number of carbonyl (C=O) groups excluding carboxylic acids is 1. The number of nitrogens with one attached hydrogen (secondary N) is 1. The average Bonchev–Trinajstić information content (AvgIpc) is 3.11. The molecule has 1 aromatic heterocycles. The van der Waals surface area contributed by atoms with Crippen molar-refractivity contribution in [2.75, 3.05) is 25.2 Å². The highest BCUT2D eigenvalue weighted by Crippen LogP contribution is 2.23. The number of carboxylic acid groups (broad SMARTS) is 1. The molecule has 0 aliphatic rings. The highest BCUT2D eigenvalue weighted by molar-refractivity contribution is 7.86. The number of fused-ring (bicyclic) bond motifs is 1. The van der Waals surface area contributed by atoms with Crippen LogP contribution >= 0.6 is 0 Å². The van der Waals surface area contributed by atoms with Crippen LogP contribution < -0.4 is 14.6 Å². The van der Waals surface area contributed by atoms with E-state index in [1.807, 2.05) is 42.6 Å². The SMILES string of the molecule is CO[C@@H](Cc1ccc(NCCCn2ccc3cc(OS(C)(=O)=O)ccc32)cc1)C(=O)[O-]. The van der Waals surface area contributed by atoms with Crippen LogP contribution in [0.25, 0.3) is 10.9 Å². The molecule has 1 N–H and O–H groups in total. The van der Waals surface area contributed by atoms with E-state index in [-0.39, 0.29) is 6.42 Å². The molecular formula is C22H25N2O6S-. The van der Waals surface area contributed by atoms with Crippen molar-refractivity contribution in [2.45, 2.75) is 25.5 Å². The summed E-state index contributed by atoms with van der Waals surface area (Å²) in [7, 11) is -2.19. The number of hydrogen-bond acceptors (Lipinski definition) is 7. The smallest absolute Gasteiger partial charge is 0.306 e. The van der Waals surface area contributed by atoms with Crippen molar-refractivity contribution in [1.82, 2.24) is 4.57 Å². The Morgan fingerprint density at radius 2 is 1.90 bits per heavy atom. The topological polar surface area (TPSA) is 110 Å². The Balaban J connectivity index is 1.50. The van der Waals surface area contributed by atoms with Crippen LogP contribution in [0.1, 0.15) is 12.0 Å². The largest absolute Gasteiger partial charge is 0.547 e. The maximum atomic E-state index is 11.3. The Bertz CT molecular complexity index is 1140. The summed E-state index contributed by atoms with van der Waals surface area (Å²) in [6, 6.07) is 14.7. The third-order valence-electron chi connectivity index (χ3n) is 4.82. The molecule has 0 saturated heterocycles. The quantitative estimate of drug-likeness (QED) is 0.354. The number of aryl methyl sites for hydroxylation is 1. The van der Waals surface area contributed by atoms with E-state index in [4.69, 9.17) is 8.92 Å². The molecule has 8 nitrogen and oxygen atoms in total. The molecule has 0 amide bonds. The Morgan fingerprint density at radius 3 is 2.55 bits per heavy atom. The Hall–Kier alpha value is -3.04. The van der Waals surface area contributed by atoms with Gasteiger partial charge in [-0.25, -0.2) is 0 Å². The fourth-order valence-electron chi connectivity index (χ4n) is 3.32. The van der Waals surface area contributed by atoms with E-state index in [0.29, 0.717) is 5.75 Å². The molecule has 0 aliphatic heterocycles. The van der Waals surface area contributed by atoms with Gasteiger partial charge in [0.05, 0.1) is 12.2 Å². The van der Waals surface area contributed by atoms with Gasteiger partial charge in [0.25, 0.3) is 0 Å². The van der Waals surface area contributed by atoms with Crippen LogP contribution in [-0.4, -0.2) is 45.0 Å². The number of aliphatic carboxylic acids is 1. The number of rotatable bonds is 11. The van der Waals surface area contributed by atoms with Gasteiger partial charge in [-0.2, -0.15) is 8.42 Å². The first-order valence-electron chi connectivity index (χ1n) is 9.80. The van der Waals surface area contributed by atoms with Crippen LogP contribution in [-0.2, 0) is 32.6 Å². The van der Waals surface area contributed by atoms with Crippen molar-refractivity contribution in [3.05, 3.63) is 60.3 Å². The fraction of sp³-hybridized carbons (Fsp3) is 0.318. The monoisotopic (exact) mass is 445 g/mol. The van der Waals surface area contributed by atoms with Crippen molar-refractivity contribution < 1.29 is 27.2 Å². The van der Waals surface area contributed by atoms with E-state index in [2.05, 4.69) is 9.88 Å². The summed E-state index contributed by atoms with van der Waals surface area (Å²) in [4.78, 5) is 10.9. The van der Waals surface area contributed by atoms with Gasteiger partial charge in [0.2, 0.25) is 0 Å². The van der Waals surface area contributed by atoms with E-state index in [1.165, 1.54) is 7.11 Å². The van der Waals surface area contributed by atoms with Crippen LogP contribution in [0.3, 0.4) is 0 Å². The molecule has 0 saturated carbocycles. The third-order valence-corrected chi connectivity index (χ3v) is 5.31. The Labute approximate surface area is 181 Å². The molecule has 0 spiro atoms. The molecule has 2 aromatic carbocycles. The number of methoxy groups -OCH3 is 1. The van der Waals surface area contributed by atoms with Gasteiger partial charge in [-0.1, -0.05) is 12.1 Å². The molecule has 0 bridgehead atoms. The maximum absolute atomic E-state index is 11.3. The summed E-state index contributed by atoms with van der Waals surface area (Å²) >= 11 is 0. The third kappa shape index (κ3) is 6.47. The Kier molecular flexibility index (Phi) is 7.19. The molecule has 1 atom stereocenters. The van der Waals surface area contributed by atoms with Gasteiger partial charge in [-0.3, -0.25) is 0 Å². The fourth-order valence-corrected chi connectivity index (χ4v) is 3.77. The Morgan fingerprint density at radius 1 is 1.16 bits per heavy atom. The van der Waals surface area contributed by atoms with Gasteiger partial charge < -0.3 is 28.7 Å². The lowest BCUT2D eigenvalue weighted by atomic mass is 10.1. The standard InChI is InChI=1S/C22H26N2O6S/c1-29-21(22(25)26)14-16-4-6-18(7-5-16)23-11-3-12-24-13-10-17-15-19(8-9-20(17)24)30-31(2,27)28/h4-10,13,15,21,23H,3,11-12,14H2,1-2H3,(H,25,26)/p-1/t21-/m0/s1. The van der Waals surface area contributed by atoms with Crippen LogP contribution in [0.4, 0.5) is 5.69 Å². The number of anilines is 1. The number of aromatic nitrogens is 1. The number of nitrogens with zero attached hydrogens (tertiary/aromatic N) is 1. The van der Waals surface area contributed by atoms with Crippen LogP contribution in [0, 0.1) is 0 Å². The normalized spacial score (nSPS) is 12.6. The molecule has 0 aliphatic carbocycles. The minimum absolute atomic E-state index is 0.261. The van der Waals surface area contributed by atoms with Crippen molar-refractivity contribution in [1.29, 1.82) is 0 Å². The van der Waals surface area contributed by atoms with Gasteiger partial charge in [0.15, 0.2) is 0 Å². The average molecular weight is 446 g/mol. The molecule has 31 heavy (non-hydrogen) atoms. The molecule has 9 heteroatoms. The van der Waals surface area contributed by atoms with E-state index in [0.717, 1.165) is 47.9 Å². The zero-order chi connectivity index (χ0) is 22.4.